The molecule has 0 aliphatic carbocycles. The first-order valence-corrected chi connectivity index (χ1v) is 8.30. The van der Waals surface area contributed by atoms with E-state index in [1.165, 1.54) is 11.3 Å². The molecular formula is C11H20N2O4S2. The molecule has 0 spiro atoms. The Hall–Kier alpha value is -0.510. The molecule has 110 valence electrons. The minimum Gasteiger partial charge on any atom is -0.382 e. The average molecular weight is 308 g/mol. The van der Waals surface area contributed by atoms with Gasteiger partial charge in [0.2, 0.25) is 10.0 Å². The van der Waals surface area contributed by atoms with Gasteiger partial charge in [0.05, 0.1) is 13.2 Å². The fraction of sp³-hybridized carbons (Fsp3) is 0.636. The van der Waals surface area contributed by atoms with E-state index in [2.05, 4.69) is 4.72 Å². The van der Waals surface area contributed by atoms with Gasteiger partial charge in [-0.2, -0.15) is 0 Å². The first kappa shape index (κ1) is 16.5. The first-order chi connectivity index (χ1) is 9.10. The smallest absolute Gasteiger partial charge is 0.250 e. The van der Waals surface area contributed by atoms with Gasteiger partial charge in [0, 0.05) is 26.8 Å². The number of methoxy groups -OCH3 is 1. The number of hydrogen-bond donors (Lipinski definition) is 2. The first-order valence-electron chi connectivity index (χ1n) is 5.94. The standard InChI is InChI=1S/C11H20N2O4S2/c1-16-5-6-17-4-2-3-13-19(14,15)11-7-10(8-12)9-18-11/h7,9,13H,2-6,8,12H2,1H3. The Balaban J connectivity index is 2.27. The molecule has 0 saturated carbocycles. The molecule has 19 heavy (non-hydrogen) atoms. The Morgan fingerprint density at radius 3 is 2.79 bits per heavy atom. The zero-order valence-electron chi connectivity index (χ0n) is 10.9. The predicted octanol–water partition coefficient (Wildman–Crippen LogP) is 0.538. The zero-order valence-corrected chi connectivity index (χ0v) is 12.6. The number of nitrogens with one attached hydrogen (secondary N) is 1. The van der Waals surface area contributed by atoms with Crippen LogP contribution in [-0.4, -0.2) is 41.9 Å². The molecule has 0 aliphatic rings. The van der Waals surface area contributed by atoms with Gasteiger partial charge in [-0.25, -0.2) is 13.1 Å². The second kappa shape index (κ2) is 8.62. The van der Waals surface area contributed by atoms with Crippen molar-refractivity contribution in [2.24, 2.45) is 5.73 Å². The SMILES string of the molecule is COCCOCCCNS(=O)(=O)c1cc(CN)cs1. The van der Waals surface area contributed by atoms with Gasteiger partial charge in [-0.15, -0.1) is 11.3 Å². The second-order valence-electron chi connectivity index (χ2n) is 3.83. The van der Waals surface area contributed by atoms with E-state index >= 15 is 0 Å². The maximum absolute atomic E-state index is 11.9. The minimum atomic E-state index is -3.41. The van der Waals surface area contributed by atoms with E-state index < -0.39 is 10.0 Å². The molecule has 6 nitrogen and oxygen atoms in total. The molecule has 0 aromatic carbocycles. The van der Waals surface area contributed by atoms with Crippen LogP contribution in [0.4, 0.5) is 0 Å². The lowest BCUT2D eigenvalue weighted by Crippen LogP contribution is -2.25. The van der Waals surface area contributed by atoms with Crippen LogP contribution in [0.5, 0.6) is 0 Å². The number of sulfonamides is 1. The summed E-state index contributed by atoms with van der Waals surface area (Å²) in [6.45, 7) is 2.27. The predicted molar refractivity (Wildman–Crippen MR) is 74.7 cm³/mol. The lowest BCUT2D eigenvalue weighted by atomic mass is 10.4. The number of nitrogens with two attached hydrogens (primary N) is 1. The Kier molecular flexibility index (Phi) is 7.51. The zero-order chi connectivity index (χ0) is 14.1. The van der Waals surface area contributed by atoms with Gasteiger partial charge in [0.15, 0.2) is 0 Å². The highest BCUT2D eigenvalue weighted by atomic mass is 32.2. The molecule has 0 atom stereocenters. The molecule has 1 aromatic heterocycles. The van der Waals surface area contributed by atoms with Gasteiger partial charge in [-0.3, -0.25) is 0 Å². The molecule has 1 heterocycles. The summed E-state index contributed by atoms with van der Waals surface area (Å²) in [5.74, 6) is 0. The molecule has 1 rings (SSSR count). The Labute approximate surface area is 118 Å². The van der Waals surface area contributed by atoms with E-state index in [1.807, 2.05) is 0 Å². The fourth-order valence-electron chi connectivity index (χ4n) is 1.30. The van der Waals surface area contributed by atoms with Crippen LogP contribution < -0.4 is 10.5 Å². The summed E-state index contributed by atoms with van der Waals surface area (Å²) in [5.41, 5.74) is 6.28. The van der Waals surface area contributed by atoms with Crippen LogP contribution in [0.15, 0.2) is 15.7 Å². The van der Waals surface area contributed by atoms with Gasteiger partial charge in [-0.1, -0.05) is 0 Å². The average Bonchev–Trinajstić information content (AvgIpc) is 2.87. The molecule has 0 unspecified atom stereocenters. The second-order valence-corrected chi connectivity index (χ2v) is 6.74. The molecule has 8 heteroatoms. The molecular weight excluding hydrogens is 288 g/mol. The van der Waals surface area contributed by atoms with Gasteiger partial charge < -0.3 is 15.2 Å². The third-order valence-corrected chi connectivity index (χ3v) is 5.27. The van der Waals surface area contributed by atoms with Crippen LogP contribution in [-0.2, 0) is 26.0 Å². The van der Waals surface area contributed by atoms with E-state index in [0.717, 1.165) is 5.56 Å². The van der Waals surface area contributed by atoms with Crippen molar-refractivity contribution < 1.29 is 17.9 Å². The van der Waals surface area contributed by atoms with Crippen molar-refractivity contribution in [1.82, 2.24) is 4.72 Å². The lowest BCUT2D eigenvalue weighted by molar-refractivity contribution is 0.0699. The van der Waals surface area contributed by atoms with Crippen molar-refractivity contribution >= 4 is 21.4 Å². The van der Waals surface area contributed by atoms with Crippen LogP contribution in [0.1, 0.15) is 12.0 Å². The third kappa shape index (κ3) is 5.98. The van der Waals surface area contributed by atoms with Gasteiger partial charge >= 0.3 is 0 Å². The van der Waals surface area contributed by atoms with E-state index in [4.69, 9.17) is 15.2 Å². The summed E-state index contributed by atoms with van der Waals surface area (Å²) < 4.78 is 36.7. The van der Waals surface area contributed by atoms with Gasteiger partial charge in [0.1, 0.15) is 4.21 Å². The maximum atomic E-state index is 11.9. The van der Waals surface area contributed by atoms with Crippen LogP contribution >= 0.6 is 11.3 Å². The highest BCUT2D eigenvalue weighted by molar-refractivity contribution is 7.91. The minimum absolute atomic E-state index is 0.299. The van der Waals surface area contributed by atoms with Crippen LogP contribution in [0.2, 0.25) is 0 Å². The van der Waals surface area contributed by atoms with Crippen molar-refractivity contribution in [1.29, 1.82) is 0 Å². The Bertz CT molecular complexity index is 459. The number of ether oxygens (including phenoxy) is 2. The molecule has 1 aromatic rings. The fourth-order valence-corrected chi connectivity index (χ4v) is 3.64. The highest BCUT2D eigenvalue weighted by Gasteiger charge is 2.15. The molecule has 0 saturated heterocycles. The van der Waals surface area contributed by atoms with Crippen molar-refractivity contribution in [3.63, 3.8) is 0 Å². The summed E-state index contributed by atoms with van der Waals surface area (Å²) >= 11 is 1.18. The van der Waals surface area contributed by atoms with Crippen LogP contribution in [0, 0.1) is 0 Å². The van der Waals surface area contributed by atoms with Crippen LogP contribution in [0.3, 0.4) is 0 Å². The summed E-state index contributed by atoms with van der Waals surface area (Å²) in [6, 6.07) is 1.60. The third-order valence-electron chi connectivity index (χ3n) is 2.32. The Morgan fingerprint density at radius 1 is 1.37 bits per heavy atom. The topological polar surface area (TPSA) is 90.6 Å². The Morgan fingerprint density at radius 2 is 2.16 bits per heavy atom. The monoisotopic (exact) mass is 308 g/mol. The normalized spacial score (nSPS) is 11.9. The largest absolute Gasteiger partial charge is 0.382 e. The van der Waals surface area contributed by atoms with E-state index in [-0.39, 0.29) is 0 Å². The summed E-state index contributed by atoms with van der Waals surface area (Å²) in [7, 11) is -1.81. The summed E-state index contributed by atoms with van der Waals surface area (Å²) in [4.78, 5) is 0. The van der Waals surface area contributed by atoms with Crippen molar-refractivity contribution in [3.8, 4) is 0 Å². The molecule has 0 bridgehead atoms. The van der Waals surface area contributed by atoms with E-state index in [1.54, 1.807) is 18.6 Å². The van der Waals surface area contributed by atoms with Crippen molar-refractivity contribution in [2.45, 2.75) is 17.2 Å². The van der Waals surface area contributed by atoms with Crippen LogP contribution in [0.25, 0.3) is 0 Å². The van der Waals surface area contributed by atoms with E-state index in [0.29, 0.717) is 43.5 Å². The molecule has 0 radical (unpaired) electrons. The molecule has 0 amide bonds. The quantitative estimate of drug-likeness (QED) is 0.616. The lowest BCUT2D eigenvalue weighted by Gasteiger charge is -2.05. The van der Waals surface area contributed by atoms with E-state index in [9.17, 15) is 8.42 Å². The maximum Gasteiger partial charge on any atom is 0.250 e. The van der Waals surface area contributed by atoms with Crippen molar-refractivity contribution in [2.75, 3.05) is 33.5 Å². The van der Waals surface area contributed by atoms with Gasteiger partial charge in [-0.05, 0) is 23.4 Å². The summed E-state index contributed by atoms with van der Waals surface area (Å²) in [6.07, 6.45) is 0.623. The molecule has 0 aliphatic heterocycles. The number of hydrogen-bond acceptors (Lipinski definition) is 6. The van der Waals surface area contributed by atoms with Crippen molar-refractivity contribution in [3.05, 3.63) is 17.0 Å². The molecule has 3 N–H and O–H groups in total. The van der Waals surface area contributed by atoms with Gasteiger partial charge in [0.25, 0.3) is 0 Å². The summed E-state index contributed by atoms with van der Waals surface area (Å²) in [5, 5.41) is 1.75. The number of thiophene rings is 1. The molecule has 0 fully saturated rings. The number of rotatable bonds is 10. The highest BCUT2D eigenvalue weighted by Crippen LogP contribution is 2.19.